The van der Waals surface area contributed by atoms with Gasteiger partial charge in [-0.05, 0) is 48.5 Å². The smallest absolute Gasteiger partial charge is 0.357 e. The molecule has 35 heavy (non-hydrogen) atoms. The lowest BCUT2D eigenvalue weighted by atomic mass is 10.0. The van der Waals surface area contributed by atoms with Crippen LogP contribution in [0.2, 0.25) is 0 Å². The normalized spacial score (nSPS) is 14.8. The van der Waals surface area contributed by atoms with Gasteiger partial charge in [-0.1, -0.05) is 6.07 Å². The number of piperazine rings is 1. The van der Waals surface area contributed by atoms with E-state index in [0.29, 0.717) is 16.6 Å². The van der Waals surface area contributed by atoms with E-state index < -0.39 is 12.0 Å². The second kappa shape index (κ2) is 9.61. The minimum Gasteiger partial charge on any atom is -0.476 e. The van der Waals surface area contributed by atoms with Gasteiger partial charge in [0.05, 0.1) is 17.4 Å². The zero-order valence-electron chi connectivity index (χ0n) is 19.3. The Morgan fingerprint density at radius 1 is 1.00 bits per heavy atom. The molecule has 2 N–H and O–H groups in total. The molecule has 4 aromatic rings. The van der Waals surface area contributed by atoms with Crippen LogP contribution in [-0.2, 0) is 6.54 Å². The number of aromatic nitrogens is 4. The summed E-state index contributed by atoms with van der Waals surface area (Å²) in [4.78, 5) is 37.8. The van der Waals surface area contributed by atoms with Crippen LogP contribution in [0.1, 0.15) is 16.1 Å². The van der Waals surface area contributed by atoms with Crippen molar-refractivity contribution in [3.63, 3.8) is 0 Å². The summed E-state index contributed by atoms with van der Waals surface area (Å²) < 4.78 is 1.07. The third kappa shape index (κ3) is 4.88. The Morgan fingerprint density at radius 2 is 1.83 bits per heavy atom. The molecule has 0 aliphatic carbocycles. The first kappa shape index (κ1) is 22.6. The van der Waals surface area contributed by atoms with E-state index in [9.17, 15) is 14.7 Å². The zero-order chi connectivity index (χ0) is 24.4. The summed E-state index contributed by atoms with van der Waals surface area (Å²) in [7, 11) is 2.13. The number of anilines is 1. The van der Waals surface area contributed by atoms with E-state index in [1.165, 1.54) is 6.20 Å². The Kier molecular flexibility index (Phi) is 6.21. The van der Waals surface area contributed by atoms with Gasteiger partial charge >= 0.3 is 12.0 Å². The minimum absolute atomic E-state index is 0.190. The molecule has 3 aromatic heterocycles. The molecule has 1 fully saturated rings. The molecule has 0 bridgehead atoms. The predicted molar refractivity (Wildman–Crippen MR) is 131 cm³/mol. The topological polar surface area (TPSA) is 116 Å². The van der Waals surface area contributed by atoms with Crippen molar-refractivity contribution < 1.29 is 14.7 Å². The van der Waals surface area contributed by atoms with Crippen LogP contribution in [0.3, 0.4) is 0 Å². The molecule has 0 spiro atoms. The van der Waals surface area contributed by atoms with Crippen LogP contribution in [-0.4, -0.2) is 79.9 Å². The van der Waals surface area contributed by atoms with Crippen LogP contribution in [0.25, 0.3) is 22.0 Å². The Balaban J connectivity index is 1.45. The molecule has 1 saturated heterocycles. The van der Waals surface area contributed by atoms with Crippen molar-refractivity contribution in [2.24, 2.45) is 0 Å². The average molecular weight is 472 g/mol. The number of amides is 1. The van der Waals surface area contributed by atoms with Crippen molar-refractivity contribution in [2.75, 3.05) is 38.5 Å². The maximum Gasteiger partial charge on any atom is 0.357 e. The summed E-state index contributed by atoms with van der Waals surface area (Å²) in [5.41, 5.74) is 3.47. The van der Waals surface area contributed by atoms with E-state index >= 15 is 0 Å². The third-order valence-corrected chi connectivity index (χ3v) is 6.12. The molecule has 0 atom stereocenters. The molecular formula is C25H25N7O3. The number of nitrogens with one attached hydrogen (secondary N) is 1. The summed E-state index contributed by atoms with van der Waals surface area (Å²) in [5.74, 6) is -1.21. The second-order valence-corrected chi connectivity index (χ2v) is 8.63. The number of pyridine rings is 2. The molecule has 178 valence electrons. The van der Waals surface area contributed by atoms with Gasteiger partial charge in [0.15, 0.2) is 5.69 Å². The van der Waals surface area contributed by atoms with Crippen molar-refractivity contribution in [2.45, 2.75) is 6.54 Å². The number of likely N-dealkylation sites (N-methyl/N-ethyl adjacent to an activating group) is 1. The lowest BCUT2D eigenvalue weighted by Gasteiger charge is -2.32. The van der Waals surface area contributed by atoms with Crippen molar-refractivity contribution in [1.82, 2.24) is 29.5 Å². The van der Waals surface area contributed by atoms with E-state index in [-0.39, 0.29) is 5.69 Å². The van der Waals surface area contributed by atoms with E-state index in [1.54, 1.807) is 36.7 Å². The van der Waals surface area contributed by atoms with Gasteiger partial charge in [-0.2, -0.15) is 9.78 Å². The largest absolute Gasteiger partial charge is 0.476 e. The quantitative estimate of drug-likeness (QED) is 0.456. The highest BCUT2D eigenvalue weighted by Crippen LogP contribution is 2.27. The Hall–Kier alpha value is -4.15. The fourth-order valence-electron chi connectivity index (χ4n) is 4.22. The highest BCUT2D eigenvalue weighted by molar-refractivity contribution is 6.06. The first-order valence-electron chi connectivity index (χ1n) is 11.3. The van der Waals surface area contributed by atoms with E-state index in [0.717, 1.165) is 54.1 Å². The van der Waals surface area contributed by atoms with Crippen LogP contribution in [0.4, 0.5) is 10.5 Å². The monoisotopic (exact) mass is 471 g/mol. The van der Waals surface area contributed by atoms with Crippen LogP contribution in [0, 0.1) is 0 Å². The van der Waals surface area contributed by atoms with Crippen molar-refractivity contribution in [3.05, 3.63) is 72.4 Å². The number of hydrogen-bond acceptors (Lipinski definition) is 7. The number of rotatable bonds is 5. The van der Waals surface area contributed by atoms with Gasteiger partial charge in [-0.3, -0.25) is 14.9 Å². The number of carboxylic acid groups (broad SMARTS) is 1. The van der Waals surface area contributed by atoms with Gasteiger partial charge in [0.1, 0.15) is 0 Å². The second-order valence-electron chi connectivity index (χ2n) is 8.63. The standard InChI is InChI=1S/C25H25N7O3/c1-30-7-9-31(10-8-30)16-17-11-19(14-27-13-17)18-4-5-22-21(12-18)23(24(33)34)29-32(22)25(35)28-20-3-2-6-26-15-20/h2-6,11-15H,7-10,16H2,1H3,(H,28,35)(H,33,34). The molecule has 0 radical (unpaired) electrons. The molecule has 10 nitrogen and oxygen atoms in total. The van der Waals surface area contributed by atoms with Gasteiger partial charge in [-0.15, -0.1) is 0 Å². The number of carbonyl (C=O) groups excluding carboxylic acids is 1. The number of fused-ring (bicyclic) bond motifs is 1. The first-order chi connectivity index (χ1) is 17.0. The Bertz CT molecular complexity index is 1380. The van der Waals surface area contributed by atoms with Crippen LogP contribution >= 0.6 is 0 Å². The van der Waals surface area contributed by atoms with Gasteiger partial charge in [-0.25, -0.2) is 9.59 Å². The molecular weight excluding hydrogens is 446 g/mol. The van der Waals surface area contributed by atoms with Crippen molar-refractivity contribution >= 4 is 28.6 Å². The number of nitrogens with zero attached hydrogens (tertiary/aromatic N) is 6. The molecule has 0 unspecified atom stereocenters. The van der Waals surface area contributed by atoms with Crippen LogP contribution in [0.15, 0.2) is 61.2 Å². The number of carboxylic acids is 1. The lowest BCUT2D eigenvalue weighted by molar-refractivity contribution is 0.0692. The van der Waals surface area contributed by atoms with Gasteiger partial charge in [0.2, 0.25) is 0 Å². The summed E-state index contributed by atoms with van der Waals surface area (Å²) in [5, 5.41) is 16.9. The van der Waals surface area contributed by atoms with Gasteiger partial charge in [0.25, 0.3) is 0 Å². The highest BCUT2D eigenvalue weighted by Gasteiger charge is 2.21. The lowest BCUT2D eigenvalue weighted by Crippen LogP contribution is -2.43. The van der Waals surface area contributed by atoms with E-state index in [4.69, 9.17) is 0 Å². The molecule has 1 amide bonds. The molecule has 10 heteroatoms. The third-order valence-electron chi connectivity index (χ3n) is 6.12. The van der Waals surface area contributed by atoms with E-state index in [1.807, 2.05) is 12.3 Å². The number of benzene rings is 1. The molecule has 1 aliphatic heterocycles. The molecule has 1 aromatic carbocycles. The number of hydrogen-bond donors (Lipinski definition) is 2. The SMILES string of the molecule is CN1CCN(Cc2cncc(-c3ccc4c(c3)c(C(=O)O)nn4C(=O)Nc3cccnc3)c2)CC1. The van der Waals surface area contributed by atoms with Crippen LogP contribution in [0.5, 0.6) is 0 Å². The zero-order valence-corrected chi connectivity index (χ0v) is 19.3. The Labute approximate surface area is 201 Å². The van der Waals surface area contributed by atoms with Crippen molar-refractivity contribution in [3.8, 4) is 11.1 Å². The van der Waals surface area contributed by atoms with E-state index in [2.05, 4.69) is 43.3 Å². The highest BCUT2D eigenvalue weighted by atomic mass is 16.4. The van der Waals surface area contributed by atoms with Gasteiger partial charge < -0.3 is 15.3 Å². The number of carbonyl (C=O) groups is 2. The van der Waals surface area contributed by atoms with Gasteiger partial charge in [0, 0.05) is 62.3 Å². The predicted octanol–water partition coefficient (Wildman–Crippen LogP) is 3.02. The summed E-state index contributed by atoms with van der Waals surface area (Å²) in [6.07, 6.45) is 6.72. The number of aromatic carboxylic acids is 1. The first-order valence-corrected chi connectivity index (χ1v) is 11.3. The summed E-state index contributed by atoms with van der Waals surface area (Å²) >= 11 is 0. The molecule has 0 saturated carbocycles. The summed E-state index contributed by atoms with van der Waals surface area (Å²) in [6, 6.07) is 10.2. The maximum atomic E-state index is 12.8. The van der Waals surface area contributed by atoms with Crippen molar-refractivity contribution in [1.29, 1.82) is 0 Å². The summed E-state index contributed by atoms with van der Waals surface area (Å²) in [6.45, 7) is 4.91. The molecule has 4 heterocycles. The average Bonchev–Trinajstić information content (AvgIpc) is 3.26. The van der Waals surface area contributed by atoms with Crippen LogP contribution < -0.4 is 5.32 Å². The maximum absolute atomic E-state index is 12.8. The Morgan fingerprint density at radius 3 is 2.57 bits per heavy atom. The fourth-order valence-corrected chi connectivity index (χ4v) is 4.22. The minimum atomic E-state index is -1.21. The molecule has 5 rings (SSSR count). The molecule has 1 aliphatic rings. The fraction of sp³-hybridized carbons (Fsp3) is 0.240.